The number of thiazole rings is 1. The van der Waals surface area contributed by atoms with Crippen molar-refractivity contribution >= 4 is 44.4 Å². The molecule has 0 saturated heterocycles. The van der Waals surface area contributed by atoms with Gasteiger partial charge in [0.25, 0.3) is 0 Å². The van der Waals surface area contributed by atoms with Gasteiger partial charge in [-0.3, -0.25) is 4.79 Å². The van der Waals surface area contributed by atoms with Crippen molar-refractivity contribution in [1.82, 2.24) is 15.0 Å². The minimum atomic E-state index is -0.303. The molecule has 2 heterocycles. The fraction of sp³-hybridized carbons (Fsp3) is 0.250. The molecule has 0 spiro atoms. The number of carbonyl (C=O) groups excluding carboxylic acids is 1. The minimum absolute atomic E-state index is 0.100. The lowest BCUT2D eigenvalue weighted by Crippen LogP contribution is -2.22. The second kappa shape index (κ2) is 6.64. The van der Waals surface area contributed by atoms with Crippen LogP contribution in [0.15, 0.2) is 35.5 Å². The lowest BCUT2D eigenvalue weighted by molar-refractivity contribution is -0.115. The molecular weight excluding hydrogens is 328 g/mol. The molecule has 0 aliphatic rings. The first-order valence-electron chi connectivity index (χ1n) is 7.16. The Morgan fingerprint density at radius 3 is 2.57 bits per heavy atom. The standard InChI is InChI=1S/C16H16N4OS2/c1-9-8-10(2)18-15(17-9)22-11(3)14(21)20-16-19-12-6-4-5-7-13(12)23-16/h4-8,11H,1-3H3,(H,19,20,21)/t11-/m0/s1. The quantitative estimate of drug-likeness (QED) is 0.575. The highest BCUT2D eigenvalue weighted by Crippen LogP contribution is 2.27. The molecule has 5 nitrogen and oxygen atoms in total. The van der Waals surface area contributed by atoms with E-state index >= 15 is 0 Å². The SMILES string of the molecule is Cc1cc(C)nc(S[C@@H](C)C(=O)Nc2nc3ccccc3s2)n1. The number of hydrogen-bond donors (Lipinski definition) is 1. The van der Waals surface area contributed by atoms with E-state index in [-0.39, 0.29) is 11.2 Å². The molecule has 23 heavy (non-hydrogen) atoms. The van der Waals surface area contributed by atoms with Crippen molar-refractivity contribution in [3.63, 3.8) is 0 Å². The Morgan fingerprint density at radius 1 is 1.17 bits per heavy atom. The number of hydrogen-bond acceptors (Lipinski definition) is 6. The molecule has 0 aliphatic carbocycles. The third kappa shape index (κ3) is 3.86. The highest BCUT2D eigenvalue weighted by Gasteiger charge is 2.18. The van der Waals surface area contributed by atoms with E-state index in [0.717, 1.165) is 21.6 Å². The number of nitrogens with zero attached hydrogens (tertiary/aromatic N) is 3. The first-order chi connectivity index (χ1) is 11.0. The normalized spacial score (nSPS) is 12.3. The van der Waals surface area contributed by atoms with Crippen LogP contribution < -0.4 is 5.32 Å². The summed E-state index contributed by atoms with van der Waals surface area (Å²) in [6.45, 7) is 5.68. The van der Waals surface area contributed by atoms with Gasteiger partial charge < -0.3 is 5.32 Å². The van der Waals surface area contributed by atoms with Gasteiger partial charge in [0.2, 0.25) is 5.91 Å². The molecule has 3 aromatic rings. The van der Waals surface area contributed by atoms with Crippen LogP contribution in [0.5, 0.6) is 0 Å². The van der Waals surface area contributed by atoms with E-state index in [2.05, 4.69) is 20.3 Å². The van der Waals surface area contributed by atoms with E-state index in [1.54, 1.807) is 0 Å². The van der Waals surface area contributed by atoms with E-state index in [9.17, 15) is 4.79 Å². The van der Waals surface area contributed by atoms with Crippen molar-refractivity contribution in [2.75, 3.05) is 5.32 Å². The Balaban J connectivity index is 1.69. The van der Waals surface area contributed by atoms with Gasteiger partial charge >= 0.3 is 0 Å². The van der Waals surface area contributed by atoms with Crippen LogP contribution in [-0.2, 0) is 4.79 Å². The van der Waals surface area contributed by atoms with Gasteiger partial charge in [-0.25, -0.2) is 15.0 Å². The van der Waals surface area contributed by atoms with Crippen molar-refractivity contribution in [2.24, 2.45) is 0 Å². The lowest BCUT2D eigenvalue weighted by atomic mass is 10.3. The van der Waals surface area contributed by atoms with Crippen LogP contribution >= 0.6 is 23.1 Å². The van der Waals surface area contributed by atoms with Crippen LogP contribution in [0.25, 0.3) is 10.2 Å². The average molecular weight is 344 g/mol. The summed E-state index contributed by atoms with van der Waals surface area (Å²) in [5.74, 6) is -0.100. The third-order valence-electron chi connectivity index (χ3n) is 3.14. The molecule has 1 N–H and O–H groups in total. The van der Waals surface area contributed by atoms with Gasteiger partial charge in [-0.15, -0.1) is 0 Å². The number of aryl methyl sites for hydroxylation is 2. The predicted octanol–water partition coefficient (Wildman–Crippen LogP) is 3.82. The highest BCUT2D eigenvalue weighted by atomic mass is 32.2. The number of fused-ring (bicyclic) bond motifs is 1. The number of anilines is 1. The zero-order chi connectivity index (χ0) is 16.4. The molecule has 0 radical (unpaired) electrons. The summed E-state index contributed by atoms with van der Waals surface area (Å²) in [6.07, 6.45) is 0. The fourth-order valence-corrected chi connectivity index (χ4v) is 3.83. The molecular formula is C16H16N4OS2. The van der Waals surface area contributed by atoms with E-state index < -0.39 is 0 Å². The molecule has 0 unspecified atom stereocenters. The molecule has 0 bridgehead atoms. The van der Waals surface area contributed by atoms with E-state index in [1.165, 1.54) is 23.1 Å². The van der Waals surface area contributed by atoms with Crippen LogP contribution in [0, 0.1) is 13.8 Å². The number of rotatable bonds is 4. The van der Waals surface area contributed by atoms with Gasteiger partial charge in [-0.05, 0) is 39.0 Å². The zero-order valence-corrected chi connectivity index (χ0v) is 14.7. The van der Waals surface area contributed by atoms with Crippen LogP contribution in [-0.4, -0.2) is 26.1 Å². The first-order valence-corrected chi connectivity index (χ1v) is 8.86. The molecule has 1 aromatic carbocycles. The second-order valence-corrected chi connectivity index (χ2v) is 7.51. The Hall–Kier alpha value is -1.99. The highest BCUT2D eigenvalue weighted by molar-refractivity contribution is 8.00. The Kier molecular flexibility index (Phi) is 4.58. The maximum atomic E-state index is 12.3. The summed E-state index contributed by atoms with van der Waals surface area (Å²) >= 11 is 2.82. The molecule has 7 heteroatoms. The van der Waals surface area contributed by atoms with Crippen LogP contribution in [0.4, 0.5) is 5.13 Å². The van der Waals surface area contributed by atoms with Gasteiger partial charge in [0, 0.05) is 11.4 Å². The van der Waals surface area contributed by atoms with Gasteiger partial charge in [0.1, 0.15) is 0 Å². The van der Waals surface area contributed by atoms with Gasteiger partial charge in [-0.2, -0.15) is 0 Å². The Bertz CT molecular complexity index is 809. The van der Waals surface area contributed by atoms with Crippen molar-refractivity contribution in [1.29, 1.82) is 0 Å². The monoisotopic (exact) mass is 344 g/mol. The number of benzene rings is 1. The van der Waals surface area contributed by atoms with Crippen LogP contribution in [0.1, 0.15) is 18.3 Å². The summed E-state index contributed by atoms with van der Waals surface area (Å²) in [6, 6.07) is 9.73. The summed E-state index contributed by atoms with van der Waals surface area (Å²) in [7, 11) is 0. The number of thioether (sulfide) groups is 1. The topological polar surface area (TPSA) is 67.8 Å². The van der Waals surface area contributed by atoms with E-state index in [0.29, 0.717) is 10.3 Å². The molecule has 0 saturated carbocycles. The molecule has 0 fully saturated rings. The lowest BCUT2D eigenvalue weighted by Gasteiger charge is -2.10. The fourth-order valence-electron chi connectivity index (χ4n) is 2.09. The average Bonchev–Trinajstić information content (AvgIpc) is 2.88. The van der Waals surface area contributed by atoms with E-state index in [1.807, 2.05) is 51.1 Å². The minimum Gasteiger partial charge on any atom is -0.301 e. The summed E-state index contributed by atoms with van der Waals surface area (Å²) in [4.78, 5) is 25.5. The number of amides is 1. The van der Waals surface area contributed by atoms with Gasteiger partial charge in [0.15, 0.2) is 10.3 Å². The Morgan fingerprint density at radius 2 is 1.87 bits per heavy atom. The maximum absolute atomic E-state index is 12.3. The number of carbonyl (C=O) groups is 1. The maximum Gasteiger partial charge on any atom is 0.239 e. The van der Waals surface area contributed by atoms with Gasteiger partial charge in [0.05, 0.1) is 15.5 Å². The van der Waals surface area contributed by atoms with Crippen molar-refractivity contribution in [3.05, 3.63) is 41.7 Å². The molecule has 0 aliphatic heterocycles. The van der Waals surface area contributed by atoms with E-state index in [4.69, 9.17) is 0 Å². The molecule has 3 rings (SSSR count). The number of aromatic nitrogens is 3. The molecule has 2 aromatic heterocycles. The number of para-hydroxylation sites is 1. The van der Waals surface area contributed by atoms with Gasteiger partial charge in [-0.1, -0.05) is 35.2 Å². The number of nitrogens with one attached hydrogen (secondary N) is 1. The predicted molar refractivity (Wildman–Crippen MR) is 95.1 cm³/mol. The summed E-state index contributed by atoms with van der Waals surface area (Å²) in [5.41, 5.74) is 2.70. The molecule has 1 atom stereocenters. The molecule has 1 amide bonds. The van der Waals surface area contributed by atoms with Crippen LogP contribution in [0.2, 0.25) is 0 Å². The zero-order valence-electron chi connectivity index (χ0n) is 13.0. The summed E-state index contributed by atoms with van der Waals surface area (Å²) < 4.78 is 1.06. The molecule has 118 valence electrons. The van der Waals surface area contributed by atoms with Crippen molar-refractivity contribution < 1.29 is 4.79 Å². The Labute approximate surface area is 142 Å². The van der Waals surface area contributed by atoms with Crippen LogP contribution in [0.3, 0.4) is 0 Å². The first kappa shape index (κ1) is 15.9. The summed E-state index contributed by atoms with van der Waals surface area (Å²) in [5, 5.41) is 3.81. The van der Waals surface area contributed by atoms with Crippen molar-refractivity contribution in [2.45, 2.75) is 31.2 Å². The third-order valence-corrected chi connectivity index (χ3v) is 5.05. The largest absolute Gasteiger partial charge is 0.301 e. The second-order valence-electron chi connectivity index (χ2n) is 5.17. The smallest absolute Gasteiger partial charge is 0.239 e. The van der Waals surface area contributed by atoms with Crippen molar-refractivity contribution in [3.8, 4) is 0 Å².